The van der Waals surface area contributed by atoms with E-state index in [1.165, 1.54) is 18.2 Å². The Balaban J connectivity index is 1.32. The molecule has 1 unspecified atom stereocenters. The maximum Gasteiger partial charge on any atom is 0.323 e. The summed E-state index contributed by atoms with van der Waals surface area (Å²) in [7, 11) is 0. The molecule has 0 aliphatic carbocycles. The Labute approximate surface area is 247 Å². The van der Waals surface area contributed by atoms with Crippen LogP contribution in [-0.2, 0) is 24.7 Å². The lowest BCUT2D eigenvalue weighted by Crippen LogP contribution is -2.48. The van der Waals surface area contributed by atoms with Crippen LogP contribution in [0.3, 0.4) is 0 Å². The minimum Gasteiger partial charge on any atom is -0.486 e. The molecule has 13 heteroatoms. The number of nitriles is 1. The van der Waals surface area contributed by atoms with Crippen molar-refractivity contribution in [3.8, 4) is 23.7 Å². The maximum atomic E-state index is 15.9. The second-order valence-corrected chi connectivity index (χ2v) is 9.49. The zero-order valence-corrected chi connectivity index (χ0v) is 22.4. The summed E-state index contributed by atoms with van der Waals surface area (Å²) >= 11 is 0. The molecule has 0 aliphatic rings. The summed E-state index contributed by atoms with van der Waals surface area (Å²) in [4.78, 5) is 3.78. The van der Waals surface area contributed by atoms with Crippen LogP contribution in [0.2, 0.25) is 0 Å². The van der Waals surface area contributed by atoms with Gasteiger partial charge in [0.15, 0.2) is 17.2 Å². The van der Waals surface area contributed by atoms with Gasteiger partial charge in [-0.25, -0.2) is 17.9 Å². The van der Waals surface area contributed by atoms with E-state index in [1.807, 2.05) is 6.07 Å². The number of rotatable bonds is 8. The number of pyridine rings is 1. The van der Waals surface area contributed by atoms with E-state index in [2.05, 4.69) is 32.4 Å². The number of halogens is 5. The number of benzene rings is 3. The number of hydrogen-bond donors (Lipinski definition) is 1. The summed E-state index contributed by atoms with van der Waals surface area (Å²) in [5.41, 5.74) is -3.28. The van der Waals surface area contributed by atoms with E-state index in [0.29, 0.717) is 11.6 Å². The second kappa shape index (κ2) is 12.3. The van der Waals surface area contributed by atoms with Crippen molar-refractivity contribution < 1.29 is 31.8 Å². The number of aromatic nitrogens is 5. The molecule has 0 saturated heterocycles. The molecule has 1 atom stereocenters. The van der Waals surface area contributed by atoms with Gasteiger partial charge in [-0.3, -0.25) is 4.98 Å². The third kappa shape index (κ3) is 6.23. The third-order valence-corrected chi connectivity index (χ3v) is 6.52. The van der Waals surface area contributed by atoms with Gasteiger partial charge in [-0.1, -0.05) is 24.0 Å². The van der Waals surface area contributed by atoms with Gasteiger partial charge in [0.1, 0.15) is 30.3 Å². The highest BCUT2D eigenvalue weighted by Gasteiger charge is 2.58. The number of aliphatic hydroxyl groups is 1. The van der Waals surface area contributed by atoms with Crippen molar-refractivity contribution in [1.29, 1.82) is 5.26 Å². The summed E-state index contributed by atoms with van der Waals surface area (Å²) in [5.74, 6) is -1.57. The van der Waals surface area contributed by atoms with Crippen LogP contribution in [0.5, 0.6) is 5.75 Å². The molecule has 5 aromatic rings. The van der Waals surface area contributed by atoms with Crippen LogP contribution < -0.4 is 4.74 Å². The van der Waals surface area contributed by atoms with Gasteiger partial charge < -0.3 is 9.84 Å². The van der Waals surface area contributed by atoms with E-state index in [-0.39, 0.29) is 23.5 Å². The normalized spacial score (nSPS) is 12.5. The topological polar surface area (TPSA) is 110 Å². The molecule has 0 radical (unpaired) electrons. The number of nitrogens with zero attached hydrogens (tertiary/aromatic N) is 6. The summed E-state index contributed by atoms with van der Waals surface area (Å²) in [5, 5.41) is 30.3. The van der Waals surface area contributed by atoms with Gasteiger partial charge in [0.05, 0.1) is 18.2 Å². The first-order valence-electron chi connectivity index (χ1n) is 12.8. The van der Waals surface area contributed by atoms with Crippen molar-refractivity contribution in [2.24, 2.45) is 0 Å². The first-order chi connectivity index (χ1) is 21.1. The SMILES string of the molecule is N#Cc1ccc(OCc2ccc(C#Cc3ccc(C(F)(F)C(O)(Cn4cnnn4)c4ccc(F)cc4F)nc3)cc2)c(F)c1. The van der Waals surface area contributed by atoms with Crippen molar-refractivity contribution in [3.05, 3.63) is 136 Å². The molecular weight excluding hydrogens is 583 g/mol. The molecule has 44 heavy (non-hydrogen) atoms. The van der Waals surface area contributed by atoms with Crippen LogP contribution in [0.15, 0.2) is 85.3 Å². The highest BCUT2D eigenvalue weighted by molar-refractivity contribution is 5.43. The average Bonchev–Trinajstić information content (AvgIpc) is 3.52. The minimum absolute atomic E-state index is 0.00559. The third-order valence-electron chi connectivity index (χ3n) is 6.52. The van der Waals surface area contributed by atoms with Crippen LogP contribution in [0.25, 0.3) is 0 Å². The standard InChI is InChI=1S/C31H19F5N6O2/c32-24-9-10-25(26(33)14-24)30(43,18-42-19-39-40-41-42)31(35,36)29-12-8-21(16-38-29)4-1-20-2-5-22(6-3-20)17-44-28-11-7-23(15-37)13-27(28)34/h2-3,5-14,16,19,43H,17-18H2. The molecule has 0 bridgehead atoms. The Morgan fingerprint density at radius 3 is 2.23 bits per heavy atom. The van der Waals surface area contributed by atoms with Crippen molar-refractivity contribution >= 4 is 0 Å². The Bertz CT molecular complexity index is 1880. The molecule has 2 heterocycles. The lowest BCUT2D eigenvalue weighted by molar-refractivity contribution is -0.207. The molecular formula is C31H19F5N6O2. The Kier molecular flexibility index (Phi) is 8.33. The molecule has 8 nitrogen and oxygen atoms in total. The average molecular weight is 603 g/mol. The van der Waals surface area contributed by atoms with Crippen molar-refractivity contribution in [2.45, 2.75) is 24.7 Å². The van der Waals surface area contributed by atoms with E-state index < -0.39 is 46.8 Å². The first-order valence-corrected chi connectivity index (χ1v) is 12.8. The van der Waals surface area contributed by atoms with Gasteiger partial charge in [0.2, 0.25) is 0 Å². The molecule has 0 fully saturated rings. The summed E-state index contributed by atoms with van der Waals surface area (Å²) in [6.45, 7) is -0.903. The van der Waals surface area contributed by atoms with E-state index in [9.17, 15) is 18.3 Å². The number of tetrazole rings is 1. The molecule has 5 rings (SSSR count). The van der Waals surface area contributed by atoms with Gasteiger partial charge in [0.25, 0.3) is 0 Å². The van der Waals surface area contributed by atoms with E-state index in [4.69, 9.17) is 10.00 Å². The maximum absolute atomic E-state index is 15.9. The van der Waals surface area contributed by atoms with Gasteiger partial charge in [-0.05, 0) is 70.6 Å². The fourth-order valence-electron chi connectivity index (χ4n) is 4.21. The van der Waals surface area contributed by atoms with Gasteiger partial charge in [0, 0.05) is 29.0 Å². The molecule has 0 saturated carbocycles. The summed E-state index contributed by atoms with van der Waals surface area (Å²) in [6, 6.07) is 16.6. The largest absolute Gasteiger partial charge is 0.486 e. The second-order valence-electron chi connectivity index (χ2n) is 9.49. The number of ether oxygens (including phenoxy) is 1. The Morgan fingerprint density at radius 2 is 1.59 bits per heavy atom. The smallest absolute Gasteiger partial charge is 0.323 e. The first kappa shape index (κ1) is 29.8. The molecule has 1 N–H and O–H groups in total. The highest BCUT2D eigenvalue weighted by Crippen LogP contribution is 2.46. The monoisotopic (exact) mass is 602 g/mol. The fraction of sp³-hybridized carbons (Fsp3) is 0.129. The molecule has 0 spiro atoms. The van der Waals surface area contributed by atoms with Crippen molar-refractivity contribution in [2.75, 3.05) is 0 Å². The number of alkyl halides is 2. The quantitative estimate of drug-likeness (QED) is 0.196. The Morgan fingerprint density at radius 1 is 0.864 bits per heavy atom. The zero-order valence-electron chi connectivity index (χ0n) is 22.4. The van der Waals surface area contributed by atoms with Gasteiger partial charge in [-0.15, -0.1) is 5.10 Å². The summed E-state index contributed by atoms with van der Waals surface area (Å²) in [6.07, 6.45) is 2.03. The predicted octanol–water partition coefficient (Wildman–Crippen LogP) is 5.02. The van der Waals surface area contributed by atoms with Crippen LogP contribution in [0.1, 0.15) is 33.5 Å². The zero-order chi connectivity index (χ0) is 31.3. The molecule has 0 aliphatic heterocycles. The molecule has 3 aromatic carbocycles. The Hall–Kier alpha value is -5.66. The van der Waals surface area contributed by atoms with E-state index >= 15 is 8.78 Å². The van der Waals surface area contributed by atoms with Crippen LogP contribution in [0.4, 0.5) is 22.0 Å². The van der Waals surface area contributed by atoms with Crippen LogP contribution in [0, 0.1) is 40.6 Å². The summed E-state index contributed by atoms with van der Waals surface area (Å²) < 4.78 is 80.2. The molecule has 2 aromatic heterocycles. The predicted molar refractivity (Wildman–Crippen MR) is 144 cm³/mol. The highest BCUT2D eigenvalue weighted by atomic mass is 19.3. The lowest BCUT2D eigenvalue weighted by atomic mass is 9.84. The fourth-order valence-corrected chi connectivity index (χ4v) is 4.21. The molecule has 0 amide bonds. The van der Waals surface area contributed by atoms with Crippen LogP contribution >= 0.6 is 0 Å². The van der Waals surface area contributed by atoms with Crippen molar-refractivity contribution in [1.82, 2.24) is 25.2 Å². The minimum atomic E-state index is -4.19. The van der Waals surface area contributed by atoms with Gasteiger partial charge >= 0.3 is 5.92 Å². The van der Waals surface area contributed by atoms with E-state index in [1.54, 1.807) is 24.3 Å². The number of hydrogen-bond acceptors (Lipinski definition) is 7. The van der Waals surface area contributed by atoms with E-state index in [0.717, 1.165) is 47.0 Å². The van der Waals surface area contributed by atoms with Crippen LogP contribution in [-0.4, -0.2) is 30.3 Å². The molecule has 220 valence electrons. The van der Waals surface area contributed by atoms with Crippen molar-refractivity contribution in [3.63, 3.8) is 0 Å². The lowest BCUT2D eigenvalue weighted by Gasteiger charge is -2.35. The van der Waals surface area contributed by atoms with Gasteiger partial charge in [-0.2, -0.15) is 14.0 Å².